The third-order valence-electron chi connectivity index (χ3n) is 8.57. The van der Waals surface area contributed by atoms with Gasteiger partial charge >= 0.3 is 6.09 Å². The van der Waals surface area contributed by atoms with Crippen molar-refractivity contribution in [3.05, 3.63) is 54.4 Å². The van der Waals surface area contributed by atoms with Gasteiger partial charge in [0.25, 0.3) is 0 Å². The maximum absolute atomic E-state index is 13.1. The number of ether oxygens (including phenoxy) is 1. The molecule has 1 saturated carbocycles. The number of nitrogens with zero attached hydrogens (tertiary/aromatic N) is 8. The summed E-state index contributed by atoms with van der Waals surface area (Å²) in [7, 11) is 0. The Bertz CT molecular complexity index is 1360. The normalized spacial score (nSPS) is 20.0. The molecule has 10 nitrogen and oxygen atoms in total. The summed E-state index contributed by atoms with van der Waals surface area (Å²) in [6.07, 6.45) is 16.1. The first-order valence-corrected chi connectivity index (χ1v) is 15.6. The molecule has 5 heterocycles. The standard InChI is InChI=1S/C32H44N8O2/c1-23(25-16-35-40(21-25)30-19-33-18-29(36-30)37-13-5-6-14-37)28-12-11-26(17-34-28)38-15-7-8-27(22-38)39(20-24-9-10-24)31(41)42-32(2,3)4/h11-12,16-19,21,23-24,27H,5-10,13-15,20,22H2,1-4H3/t23?,27-/m1/s1. The van der Waals surface area contributed by atoms with Gasteiger partial charge < -0.3 is 19.4 Å². The summed E-state index contributed by atoms with van der Waals surface area (Å²) in [6, 6.07) is 4.42. The van der Waals surface area contributed by atoms with E-state index in [9.17, 15) is 4.79 Å². The Kier molecular flexibility index (Phi) is 8.05. The molecule has 6 rings (SSSR count). The van der Waals surface area contributed by atoms with Crippen molar-refractivity contribution in [2.45, 2.75) is 83.8 Å². The van der Waals surface area contributed by atoms with Crippen LogP contribution in [0.5, 0.6) is 0 Å². The summed E-state index contributed by atoms with van der Waals surface area (Å²) in [5.41, 5.74) is 2.67. The topological polar surface area (TPSA) is 92.5 Å². The van der Waals surface area contributed by atoms with Crippen molar-refractivity contribution in [3.63, 3.8) is 0 Å². The zero-order valence-corrected chi connectivity index (χ0v) is 25.4. The number of rotatable bonds is 8. The Labute approximate surface area is 249 Å². The van der Waals surface area contributed by atoms with Crippen LogP contribution in [0.3, 0.4) is 0 Å². The summed E-state index contributed by atoms with van der Waals surface area (Å²) in [5, 5.41) is 4.59. The summed E-state index contributed by atoms with van der Waals surface area (Å²) in [6.45, 7) is 12.6. The lowest BCUT2D eigenvalue weighted by Crippen LogP contribution is -2.52. The number of piperidine rings is 1. The van der Waals surface area contributed by atoms with Gasteiger partial charge in [0.2, 0.25) is 0 Å². The highest BCUT2D eigenvalue weighted by Crippen LogP contribution is 2.33. The van der Waals surface area contributed by atoms with Crippen LogP contribution in [-0.2, 0) is 4.74 Å². The molecular formula is C32H44N8O2. The van der Waals surface area contributed by atoms with Gasteiger partial charge in [-0.05, 0) is 82.9 Å². The summed E-state index contributed by atoms with van der Waals surface area (Å²) >= 11 is 0. The molecule has 3 aliphatic rings. The van der Waals surface area contributed by atoms with Gasteiger partial charge in [-0.3, -0.25) is 9.97 Å². The molecule has 1 aliphatic carbocycles. The number of amides is 1. The molecule has 0 aromatic carbocycles. The summed E-state index contributed by atoms with van der Waals surface area (Å²) < 4.78 is 7.61. The second-order valence-electron chi connectivity index (χ2n) is 13.1. The van der Waals surface area contributed by atoms with E-state index in [4.69, 9.17) is 14.7 Å². The summed E-state index contributed by atoms with van der Waals surface area (Å²) in [4.78, 5) is 33.9. The number of hydrogen-bond acceptors (Lipinski definition) is 8. The largest absolute Gasteiger partial charge is 0.444 e. The SMILES string of the molecule is CC(c1cnn(-c2cncc(N3CCCC3)n2)c1)c1ccc(N2CCC[C@@H](N(CC3CC3)C(=O)OC(C)(C)C)C2)cn1. The predicted octanol–water partition coefficient (Wildman–Crippen LogP) is 5.43. The van der Waals surface area contributed by atoms with E-state index in [1.165, 1.54) is 25.7 Å². The second kappa shape index (κ2) is 11.9. The van der Waals surface area contributed by atoms with Gasteiger partial charge in [-0.1, -0.05) is 6.92 Å². The van der Waals surface area contributed by atoms with Gasteiger partial charge in [0, 0.05) is 50.5 Å². The van der Waals surface area contributed by atoms with E-state index in [-0.39, 0.29) is 18.1 Å². The highest BCUT2D eigenvalue weighted by atomic mass is 16.6. The van der Waals surface area contributed by atoms with Crippen LogP contribution in [0.4, 0.5) is 16.3 Å². The monoisotopic (exact) mass is 572 g/mol. The first-order valence-electron chi connectivity index (χ1n) is 15.6. The number of carbonyl (C=O) groups excluding carboxylic acids is 1. The second-order valence-corrected chi connectivity index (χ2v) is 13.1. The molecule has 2 atom stereocenters. The Morgan fingerprint density at radius 1 is 1.00 bits per heavy atom. The van der Waals surface area contributed by atoms with E-state index in [0.717, 1.165) is 74.1 Å². The molecule has 0 spiro atoms. The number of aromatic nitrogens is 5. The molecule has 0 N–H and O–H groups in total. The van der Waals surface area contributed by atoms with Crippen LogP contribution in [-0.4, -0.2) is 80.1 Å². The highest BCUT2D eigenvalue weighted by Gasteiger charge is 2.36. The van der Waals surface area contributed by atoms with Crippen molar-refractivity contribution in [1.82, 2.24) is 29.6 Å². The number of carbonyl (C=O) groups is 1. The van der Waals surface area contributed by atoms with Crippen LogP contribution in [0.15, 0.2) is 43.1 Å². The van der Waals surface area contributed by atoms with Crippen molar-refractivity contribution in [2.24, 2.45) is 5.92 Å². The van der Waals surface area contributed by atoms with Crippen LogP contribution in [0, 0.1) is 5.92 Å². The van der Waals surface area contributed by atoms with Crippen LogP contribution in [0.25, 0.3) is 5.82 Å². The molecule has 3 aromatic rings. The van der Waals surface area contributed by atoms with Crippen molar-refractivity contribution in [1.29, 1.82) is 0 Å². The lowest BCUT2D eigenvalue weighted by Gasteiger charge is -2.40. The zero-order chi connectivity index (χ0) is 29.3. The fourth-order valence-electron chi connectivity index (χ4n) is 5.97. The smallest absolute Gasteiger partial charge is 0.410 e. The van der Waals surface area contributed by atoms with Crippen LogP contribution >= 0.6 is 0 Å². The van der Waals surface area contributed by atoms with E-state index in [1.807, 2.05) is 50.5 Å². The van der Waals surface area contributed by atoms with E-state index < -0.39 is 5.60 Å². The fraction of sp³-hybridized carbons (Fsp3) is 0.594. The molecule has 0 radical (unpaired) electrons. The third-order valence-corrected chi connectivity index (χ3v) is 8.57. The molecule has 3 aromatic heterocycles. The number of hydrogen-bond donors (Lipinski definition) is 0. The number of pyridine rings is 1. The van der Waals surface area contributed by atoms with Gasteiger partial charge in [0.05, 0.1) is 36.5 Å². The lowest BCUT2D eigenvalue weighted by molar-refractivity contribution is 0.0134. The molecule has 2 saturated heterocycles. The van der Waals surface area contributed by atoms with E-state index in [1.54, 1.807) is 10.9 Å². The summed E-state index contributed by atoms with van der Waals surface area (Å²) in [5.74, 6) is 2.33. The Balaban J connectivity index is 1.12. The van der Waals surface area contributed by atoms with Gasteiger partial charge in [0.15, 0.2) is 5.82 Å². The quantitative estimate of drug-likeness (QED) is 0.353. The minimum Gasteiger partial charge on any atom is -0.444 e. The third kappa shape index (κ3) is 6.68. The Morgan fingerprint density at radius 2 is 1.76 bits per heavy atom. The maximum atomic E-state index is 13.1. The minimum absolute atomic E-state index is 0.0813. The lowest BCUT2D eigenvalue weighted by atomic mass is 10.00. The van der Waals surface area contributed by atoms with E-state index in [2.05, 4.69) is 38.9 Å². The van der Waals surface area contributed by atoms with Crippen LogP contribution in [0.2, 0.25) is 0 Å². The average molecular weight is 573 g/mol. The molecule has 42 heavy (non-hydrogen) atoms. The van der Waals surface area contributed by atoms with Crippen LogP contribution in [0.1, 0.15) is 83.4 Å². The molecule has 224 valence electrons. The van der Waals surface area contributed by atoms with Gasteiger partial charge in [-0.25, -0.2) is 14.5 Å². The maximum Gasteiger partial charge on any atom is 0.410 e. The first kappa shape index (κ1) is 28.4. The number of anilines is 2. The zero-order valence-electron chi connectivity index (χ0n) is 25.4. The minimum atomic E-state index is -0.495. The molecule has 1 amide bonds. The fourth-order valence-corrected chi connectivity index (χ4v) is 5.97. The molecule has 0 bridgehead atoms. The van der Waals surface area contributed by atoms with Gasteiger partial charge in [0.1, 0.15) is 11.4 Å². The van der Waals surface area contributed by atoms with Crippen LogP contribution < -0.4 is 9.80 Å². The first-order chi connectivity index (χ1) is 20.2. The molecule has 2 aliphatic heterocycles. The van der Waals surface area contributed by atoms with Gasteiger partial charge in [-0.2, -0.15) is 5.10 Å². The van der Waals surface area contributed by atoms with Crippen molar-refractivity contribution < 1.29 is 9.53 Å². The molecule has 10 heteroatoms. The van der Waals surface area contributed by atoms with Crippen molar-refractivity contribution >= 4 is 17.6 Å². The van der Waals surface area contributed by atoms with E-state index >= 15 is 0 Å². The predicted molar refractivity (Wildman–Crippen MR) is 163 cm³/mol. The van der Waals surface area contributed by atoms with Crippen molar-refractivity contribution in [3.8, 4) is 5.82 Å². The Hall–Kier alpha value is -3.69. The molecule has 3 fully saturated rings. The Morgan fingerprint density at radius 3 is 2.48 bits per heavy atom. The van der Waals surface area contributed by atoms with E-state index in [0.29, 0.717) is 5.92 Å². The molecule has 1 unspecified atom stereocenters. The average Bonchev–Trinajstić information content (AvgIpc) is 3.41. The van der Waals surface area contributed by atoms with Crippen molar-refractivity contribution in [2.75, 3.05) is 42.5 Å². The van der Waals surface area contributed by atoms with Gasteiger partial charge in [-0.15, -0.1) is 0 Å². The molecular weight excluding hydrogens is 528 g/mol. The highest BCUT2D eigenvalue weighted by molar-refractivity contribution is 5.69.